The van der Waals surface area contributed by atoms with Crippen molar-refractivity contribution in [3.8, 4) is 11.5 Å². The van der Waals surface area contributed by atoms with Crippen molar-refractivity contribution in [2.75, 3.05) is 18.7 Å². The predicted molar refractivity (Wildman–Crippen MR) is 108 cm³/mol. The van der Waals surface area contributed by atoms with E-state index in [1.165, 1.54) is 5.01 Å². The molecule has 0 spiro atoms. The summed E-state index contributed by atoms with van der Waals surface area (Å²) >= 11 is 0. The molecular formula is C22H24N2O4. The van der Waals surface area contributed by atoms with Crippen LogP contribution in [-0.2, 0) is 9.59 Å². The summed E-state index contributed by atoms with van der Waals surface area (Å²) in [7, 11) is 1.56. The number of carbonyl (C=O) groups is 2. The number of hydrogen-bond donors (Lipinski definition) is 1. The largest absolute Gasteiger partial charge is 0.493 e. The van der Waals surface area contributed by atoms with Crippen LogP contribution in [0.2, 0.25) is 0 Å². The van der Waals surface area contributed by atoms with Crippen LogP contribution in [0.1, 0.15) is 30.9 Å². The molecule has 1 aliphatic heterocycles. The van der Waals surface area contributed by atoms with Crippen LogP contribution < -0.4 is 19.9 Å². The second kappa shape index (κ2) is 8.61. The lowest BCUT2D eigenvalue weighted by molar-refractivity contribution is -0.117. The van der Waals surface area contributed by atoms with E-state index >= 15 is 0 Å². The molecule has 1 aliphatic rings. The Bertz CT molecular complexity index is 921. The van der Waals surface area contributed by atoms with Gasteiger partial charge >= 0.3 is 0 Å². The van der Waals surface area contributed by atoms with Crippen LogP contribution in [0.15, 0.2) is 48.0 Å². The minimum absolute atomic E-state index is 0.0724. The zero-order valence-electron chi connectivity index (χ0n) is 16.3. The van der Waals surface area contributed by atoms with E-state index in [0.29, 0.717) is 29.4 Å². The molecule has 0 radical (unpaired) electrons. The molecule has 0 atom stereocenters. The number of unbranched alkanes of at least 4 members (excludes halogenated alkanes) is 1. The Hall–Kier alpha value is -3.28. The molecule has 6 nitrogen and oxygen atoms in total. The van der Waals surface area contributed by atoms with Gasteiger partial charge in [0.1, 0.15) is 5.57 Å². The first-order valence-electron chi connectivity index (χ1n) is 9.28. The SMILES string of the molecule is CCCCOc1ccc(C=C2C(=O)NN(c3cccc(C)c3)C2=O)cc1OC. The third-order valence-electron chi connectivity index (χ3n) is 4.41. The summed E-state index contributed by atoms with van der Waals surface area (Å²) in [5.41, 5.74) is 4.99. The molecule has 1 heterocycles. The Balaban J connectivity index is 1.84. The number of hydrazine groups is 1. The minimum atomic E-state index is -0.436. The Morgan fingerprint density at radius 2 is 1.93 bits per heavy atom. The number of nitrogens with one attached hydrogen (secondary N) is 1. The molecular weight excluding hydrogens is 356 g/mol. The van der Waals surface area contributed by atoms with Gasteiger partial charge in [-0.15, -0.1) is 0 Å². The molecule has 146 valence electrons. The van der Waals surface area contributed by atoms with Crippen LogP contribution >= 0.6 is 0 Å². The Morgan fingerprint density at radius 1 is 1.11 bits per heavy atom. The fourth-order valence-corrected chi connectivity index (χ4v) is 2.89. The predicted octanol–water partition coefficient (Wildman–Crippen LogP) is 3.64. The van der Waals surface area contributed by atoms with Crippen molar-refractivity contribution in [2.24, 2.45) is 0 Å². The standard InChI is InChI=1S/C22H24N2O4/c1-4-5-11-28-19-10-9-16(14-20(19)27-3)13-18-21(25)23-24(22(18)26)17-8-6-7-15(2)12-17/h6-10,12-14H,4-5,11H2,1-3H3,(H,23,25). The second-order valence-electron chi connectivity index (χ2n) is 6.59. The number of hydrogen-bond acceptors (Lipinski definition) is 4. The zero-order chi connectivity index (χ0) is 20.1. The molecule has 0 unspecified atom stereocenters. The smallest absolute Gasteiger partial charge is 0.282 e. The highest BCUT2D eigenvalue weighted by molar-refractivity contribution is 6.31. The van der Waals surface area contributed by atoms with Crippen LogP contribution in [0.5, 0.6) is 11.5 Å². The molecule has 6 heteroatoms. The molecule has 2 aromatic carbocycles. The average molecular weight is 380 g/mol. The van der Waals surface area contributed by atoms with Crippen LogP contribution in [0.3, 0.4) is 0 Å². The Labute approximate surface area is 164 Å². The van der Waals surface area contributed by atoms with Gasteiger partial charge < -0.3 is 9.47 Å². The number of aryl methyl sites for hydroxylation is 1. The molecule has 1 N–H and O–H groups in total. The third-order valence-corrected chi connectivity index (χ3v) is 4.41. The van der Waals surface area contributed by atoms with Gasteiger partial charge in [0.15, 0.2) is 11.5 Å². The van der Waals surface area contributed by atoms with Gasteiger partial charge in [-0.2, -0.15) is 0 Å². The van der Waals surface area contributed by atoms with Crippen molar-refractivity contribution in [3.63, 3.8) is 0 Å². The van der Waals surface area contributed by atoms with E-state index in [4.69, 9.17) is 9.47 Å². The monoisotopic (exact) mass is 380 g/mol. The van der Waals surface area contributed by atoms with Gasteiger partial charge in [-0.1, -0.05) is 31.5 Å². The van der Waals surface area contributed by atoms with E-state index in [1.54, 1.807) is 37.5 Å². The summed E-state index contributed by atoms with van der Waals surface area (Å²) < 4.78 is 11.1. The summed E-state index contributed by atoms with van der Waals surface area (Å²) in [6, 6.07) is 12.7. The minimum Gasteiger partial charge on any atom is -0.493 e. The maximum atomic E-state index is 12.7. The number of benzene rings is 2. The lowest BCUT2D eigenvalue weighted by atomic mass is 10.1. The van der Waals surface area contributed by atoms with Crippen LogP contribution in [0, 0.1) is 6.92 Å². The fraction of sp³-hybridized carbons (Fsp3) is 0.273. The molecule has 0 aliphatic carbocycles. The van der Waals surface area contributed by atoms with Gasteiger partial charge in [0.05, 0.1) is 19.4 Å². The van der Waals surface area contributed by atoms with E-state index in [2.05, 4.69) is 12.3 Å². The van der Waals surface area contributed by atoms with Gasteiger partial charge in [-0.05, 0) is 54.8 Å². The highest BCUT2D eigenvalue weighted by Gasteiger charge is 2.34. The molecule has 3 rings (SSSR count). The number of methoxy groups -OCH3 is 1. The first-order valence-corrected chi connectivity index (χ1v) is 9.28. The highest BCUT2D eigenvalue weighted by atomic mass is 16.5. The number of amides is 2. The fourth-order valence-electron chi connectivity index (χ4n) is 2.89. The topological polar surface area (TPSA) is 67.9 Å². The van der Waals surface area contributed by atoms with E-state index in [9.17, 15) is 9.59 Å². The van der Waals surface area contributed by atoms with Crippen molar-refractivity contribution in [3.05, 3.63) is 59.2 Å². The number of rotatable bonds is 7. The van der Waals surface area contributed by atoms with Crippen LogP contribution in [0.25, 0.3) is 6.08 Å². The van der Waals surface area contributed by atoms with E-state index in [0.717, 1.165) is 18.4 Å². The highest BCUT2D eigenvalue weighted by Crippen LogP contribution is 2.30. The first-order chi connectivity index (χ1) is 13.5. The van der Waals surface area contributed by atoms with Crippen LogP contribution in [0.4, 0.5) is 5.69 Å². The Morgan fingerprint density at radius 3 is 2.64 bits per heavy atom. The molecule has 28 heavy (non-hydrogen) atoms. The summed E-state index contributed by atoms with van der Waals surface area (Å²) in [4.78, 5) is 25.1. The summed E-state index contributed by atoms with van der Waals surface area (Å²) in [6.07, 6.45) is 3.56. The summed E-state index contributed by atoms with van der Waals surface area (Å²) in [5, 5.41) is 1.26. The third kappa shape index (κ3) is 4.17. The summed E-state index contributed by atoms with van der Waals surface area (Å²) in [5.74, 6) is 0.375. The number of anilines is 1. The maximum Gasteiger partial charge on any atom is 0.282 e. The van der Waals surface area contributed by atoms with Crippen molar-refractivity contribution in [1.82, 2.24) is 5.43 Å². The lowest BCUT2D eigenvalue weighted by Gasteiger charge is -2.14. The molecule has 0 bridgehead atoms. The van der Waals surface area contributed by atoms with E-state index in [1.807, 2.05) is 25.1 Å². The van der Waals surface area contributed by atoms with Gasteiger partial charge in [0, 0.05) is 0 Å². The molecule has 2 amide bonds. The van der Waals surface area contributed by atoms with Gasteiger partial charge in [0.2, 0.25) is 0 Å². The molecule has 1 saturated heterocycles. The quantitative estimate of drug-likeness (QED) is 0.452. The van der Waals surface area contributed by atoms with Crippen molar-refractivity contribution >= 4 is 23.6 Å². The maximum absolute atomic E-state index is 12.7. The normalized spacial score (nSPS) is 15.1. The molecule has 0 saturated carbocycles. The second-order valence-corrected chi connectivity index (χ2v) is 6.59. The lowest BCUT2D eigenvalue weighted by Crippen LogP contribution is -2.35. The zero-order valence-corrected chi connectivity index (χ0v) is 16.3. The van der Waals surface area contributed by atoms with E-state index < -0.39 is 11.8 Å². The van der Waals surface area contributed by atoms with E-state index in [-0.39, 0.29) is 5.57 Å². The van der Waals surface area contributed by atoms with Gasteiger partial charge in [0.25, 0.3) is 11.8 Å². The molecule has 1 fully saturated rings. The van der Waals surface area contributed by atoms with Crippen molar-refractivity contribution in [1.29, 1.82) is 0 Å². The van der Waals surface area contributed by atoms with Crippen LogP contribution in [-0.4, -0.2) is 25.5 Å². The number of carbonyl (C=O) groups excluding carboxylic acids is 2. The van der Waals surface area contributed by atoms with Crippen molar-refractivity contribution in [2.45, 2.75) is 26.7 Å². The molecule has 0 aromatic heterocycles. The average Bonchev–Trinajstić information content (AvgIpc) is 2.97. The van der Waals surface area contributed by atoms with Gasteiger partial charge in [-0.3, -0.25) is 15.0 Å². The number of nitrogens with zero attached hydrogens (tertiary/aromatic N) is 1. The first kappa shape index (κ1) is 19.5. The Kier molecular flexibility index (Phi) is 5.99. The number of ether oxygens (including phenoxy) is 2. The van der Waals surface area contributed by atoms with Gasteiger partial charge in [-0.25, -0.2) is 5.01 Å². The van der Waals surface area contributed by atoms with Crippen molar-refractivity contribution < 1.29 is 19.1 Å². The molecule has 2 aromatic rings. The summed E-state index contributed by atoms with van der Waals surface area (Å²) in [6.45, 7) is 4.64.